The molecule has 0 unspecified atom stereocenters. The minimum absolute atomic E-state index is 0.126. The van der Waals surface area contributed by atoms with Crippen LogP contribution in [-0.4, -0.2) is 14.2 Å². The topological polar surface area (TPSA) is 90.4 Å². The maximum atomic E-state index is 13.0. The monoisotopic (exact) mass is 407 g/mol. The molecule has 2 N–H and O–H groups in total. The Morgan fingerprint density at radius 3 is 2.58 bits per heavy atom. The third-order valence-corrected chi connectivity index (χ3v) is 5.62. The summed E-state index contributed by atoms with van der Waals surface area (Å²) in [6.45, 7) is 1.89. The van der Waals surface area contributed by atoms with Crippen molar-refractivity contribution in [2.45, 2.75) is 18.2 Å². The van der Waals surface area contributed by atoms with Gasteiger partial charge >= 0.3 is 0 Å². The van der Waals surface area contributed by atoms with Crippen molar-refractivity contribution >= 4 is 42.7 Å². The minimum atomic E-state index is -3.94. The highest BCUT2D eigenvalue weighted by molar-refractivity contribution is 9.10. The minimum Gasteiger partial charge on any atom is -0.460 e. The number of primary sulfonamides is 1. The zero-order valence-electron chi connectivity index (χ0n) is 12.7. The molecule has 0 aliphatic rings. The molecule has 0 amide bonds. The van der Waals surface area contributed by atoms with Crippen molar-refractivity contribution in [3.05, 3.63) is 63.8 Å². The number of hydrogen-bond donors (Lipinski definition) is 1. The van der Waals surface area contributed by atoms with E-state index in [4.69, 9.17) is 9.56 Å². The average Bonchev–Trinajstić information content (AvgIpc) is 2.92. The first-order valence-corrected chi connectivity index (χ1v) is 9.54. The Morgan fingerprint density at radius 2 is 1.92 bits per heavy atom. The first kappa shape index (κ1) is 16.9. The van der Waals surface area contributed by atoms with Crippen LogP contribution in [0, 0.1) is 0 Å². The molecule has 1 aromatic heterocycles. The fraction of sp³-hybridized carbons (Fsp3) is 0.118. The summed E-state index contributed by atoms with van der Waals surface area (Å²) in [6.07, 6.45) is 0.550. The van der Waals surface area contributed by atoms with Crippen LogP contribution in [0.15, 0.2) is 56.2 Å². The molecule has 0 aliphatic carbocycles. The Balaban J connectivity index is 2.21. The zero-order chi connectivity index (χ0) is 17.5. The number of carbonyl (C=O) groups excluding carboxylic acids is 1. The molecule has 0 radical (unpaired) electrons. The predicted octanol–water partition coefficient (Wildman–Crippen LogP) is 3.64. The van der Waals surface area contributed by atoms with Gasteiger partial charge < -0.3 is 4.42 Å². The van der Waals surface area contributed by atoms with E-state index in [0.717, 1.165) is 0 Å². The van der Waals surface area contributed by atoms with E-state index in [-0.39, 0.29) is 16.2 Å². The van der Waals surface area contributed by atoms with Crippen LogP contribution in [0.25, 0.3) is 11.0 Å². The molecule has 0 saturated carbocycles. The Labute approximate surface area is 147 Å². The average molecular weight is 408 g/mol. The molecular weight excluding hydrogens is 394 g/mol. The fourth-order valence-electron chi connectivity index (χ4n) is 2.60. The van der Waals surface area contributed by atoms with E-state index < -0.39 is 10.0 Å². The molecule has 1 heterocycles. The zero-order valence-corrected chi connectivity index (χ0v) is 15.1. The Hall–Kier alpha value is -1.96. The molecule has 0 fully saturated rings. The van der Waals surface area contributed by atoms with E-state index in [1.807, 2.05) is 25.1 Å². The summed E-state index contributed by atoms with van der Waals surface area (Å²) in [6, 6.07) is 11.6. The van der Waals surface area contributed by atoms with E-state index in [0.29, 0.717) is 33.2 Å². The Bertz CT molecular complexity index is 1050. The number of sulfonamides is 1. The summed E-state index contributed by atoms with van der Waals surface area (Å²) in [5.74, 6) is 0.274. The lowest BCUT2D eigenvalue weighted by Gasteiger charge is -2.06. The molecule has 124 valence electrons. The number of halogens is 1. The van der Waals surface area contributed by atoms with Crippen LogP contribution in [0.3, 0.4) is 0 Å². The number of benzene rings is 2. The molecule has 0 bridgehead atoms. The van der Waals surface area contributed by atoms with Crippen molar-refractivity contribution in [2.75, 3.05) is 0 Å². The van der Waals surface area contributed by atoms with Crippen molar-refractivity contribution in [3.8, 4) is 0 Å². The van der Waals surface area contributed by atoms with E-state index in [9.17, 15) is 13.2 Å². The number of furan rings is 1. The number of para-hydroxylation sites is 1. The second kappa shape index (κ2) is 6.16. The Kier molecular flexibility index (Phi) is 4.33. The second-order valence-electron chi connectivity index (χ2n) is 5.27. The number of ketones is 1. The van der Waals surface area contributed by atoms with Gasteiger partial charge in [0.05, 0.1) is 10.5 Å². The van der Waals surface area contributed by atoms with E-state index in [1.165, 1.54) is 12.1 Å². The number of hydrogen-bond acceptors (Lipinski definition) is 4. The van der Waals surface area contributed by atoms with Crippen molar-refractivity contribution in [1.29, 1.82) is 0 Å². The van der Waals surface area contributed by atoms with E-state index in [2.05, 4.69) is 15.9 Å². The molecule has 0 saturated heterocycles. The third-order valence-electron chi connectivity index (χ3n) is 3.72. The predicted molar refractivity (Wildman–Crippen MR) is 94.5 cm³/mol. The van der Waals surface area contributed by atoms with Gasteiger partial charge in [0.1, 0.15) is 11.3 Å². The van der Waals surface area contributed by atoms with Gasteiger partial charge in [0.15, 0.2) is 5.78 Å². The molecule has 24 heavy (non-hydrogen) atoms. The standard InChI is InChI=1S/C17H14BrNO4S/c1-2-13-16(11-5-3-4-6-14(11)23-13)17(20)10-7-8-12(18)15(9-10)24(19,21)22/h3-9H,2H2,1H3,(H2,19,21,22). The fourth-order valence-corrected chi connectivity index (χ4v) is 4.16. The van der Waals surface area contributed by atoms with E-state index >= 15 is 0 Å². The number of rotatable bonds is 4. The first-order chi connectivity index (χ1) is 11.3. The maximum absolute atomic E-state index is 13.0. The second-order valence-corrected chi connectivity index (χ2v) is 7.65. The third kappa shape index (κ3) is 2.90. The van der Waals surface area contributed by atoms with Gasteiger partial charge in [0.2, 0.25) is 10.0 Å². The summed E-state index contributed by atoms with van der Waals surface area (Å²) in [5, 5.41) is 5.91. The largest absolute Gasteiger partial charge is 0.460 e. The highest BCUT2D eigenvalue weighted by atomic mass is 79.9. The van der Waals surface area contributed by atoms with Gasteiger partial charge in [0.25, 0.3) is 0 Å². The first-order valence-electron chi connectivity index (χ1n) is 7.20. The molecule has 7 heteroatoms. The summed E-state index contributed by atoms with van der Waals surface area (Å²) in [5.41, 5.74) is 1.32. The maximum Gasteiger partial charge on any atom is 0.239 e. The van der Waals surface area contributed by atoms with Crippen LogP contribution in [0.4, 0.5) is 0 Å². The summed E-state index contributed by atoms with van der Waals surface area (Å²) in [7, 11) is -3.94. The highest BCUT2D eigenvalue weighted by Gasteiger charge is 2.23. The number of carbonyl (C=O) groups is 1. The molecule has 0 atom stereocenters. The van der Waals surface area contributed by atoms with Crippen molar-refractivity contribution in [1.82, 2.24) is 0 Å². The van der Waals surface area contributed by atoms with Crippen LogP contribution in [0.5, 0.6) is 0 Å². The van der Waals surface area contributed by atoms with Gasteiger partial charge in [-0.2, -0.15) is 0 Å². The smallest absolute Gasteiger partial charge is 0.239 e. The molecule has 2 aromatic carbocycles. The van der Waals surface area contributed by atoms with Gasteiger partial charge in [-0.3, -0.25) is 4.79 Å². The van der Waals surface area contributed by atoms with Gasteiger partial charge in [-0.15, -0.1) is 0 Å². The Morgan fingerprint density at radius 1 is 1.21 bits per heavy atom. The molecule has 0 spiro atoms. The van der Waals surface area contributed by atoms with Gasteiger partial charge in [-0.05, 0) is 40.2 Å². The van der Waals surface area contributed by atoms with Crippen LogP contribution in [-0.2, 0) is 16.4 Å². The number of nitrogens with two attached hydrogens (primary N) is 1. The SMILES string of the molecule is CCc1oc2ccccc2c1C(=O)c1ccc(Br)c(S(N)(=O)=O)c1. The van der Waals surface area contributed by atoms with Gasteiger partial charge in [-0.1, -0.05) is 25.1 Å². The van der Waals surface area contributed by atoms with E-state index in [1.54, 1.807) is 12.1 Å². The summed E-state index contributed by atoms with van der Waals surface area (Å²) >= 11 is 3.14. The van der Waals surface area contributed by atoms with Crippen LogP contribution in [0.1, 0.15) is 28.6 Å². The molecule has 0 aliphatic heterocycles. The molecule has 5 nitrogen and oxygen atoms in total. The van der Waals surface area contributed by atoms with Crippen molar-refractivity contribution in [2.24, 2.45) is 5.14 Å². The quantitative estimate of drug-likeness (QED) is 0.668. The van der Waals surface area contributed by atoms with Gasteiger partial charge in [-0.25, -0.2) is 13.6 Å². The van der Waals surface area contributed by atoms with Gasteiger partial charge in [0, 0.05) is 21.8 Å². The summed E-state index contributed by atoms with van der Waals surface area (Å²) < 4.78 is 29.4. The van der Waals surface area contributed by atoms with Crippen LogP contribution < -0.4 is 5.14 Å². The number of fused-ring (bicyclic) bond motifs is 1. The lowest BCUT2D eigenvalue weighted by molar-refractivity contribution is 0.103. The normalized spacial score (nSPS) is 11.8. The lowest BCUT2D eigenvalue weighted by atomic mass is 9.99. The number of aryl methyl sites for hydroxylation is 1. The van der Waals surface area contributed by atoms with Crippen LogP contribution >= 0.6 is 15.9 Å². The van der Waals surface area contributed by atoms with Crippen LogP contribution in [0.2, 0.25) is 0 Å². The lowest BCUT2D eigenvalue weighted by Crippen LogP contribution is -2.14. The summed E-state index contributed by atoms with van der Waals surface area (Å²) in [4.78, 5) is 12.9. The molecule has 3 aromatic rings. The molecule has 3 rings (SSSR count). The molecular formula is C17H14BrNO4S. The van der Waals surface area contributed by atoms with Crippen molar-refractivity contribution < 1.29 is 17.6 Å². The van der Waals surface area contributed by atoms with Crippen molar-refractivity contribution in [3.63, 3.8) is 0 Å². The highest BCUT2D eigenvalue weighted by Crippen LogP contribution is 2.30.